The van der Waals surface area contributed by atoms with Crippen LogP contribution in [0.1, 0.15) is 36.9 Å². The summed E-state index contributed by atoms with van der Waals surface area (Å²) < 4.78 is 5.26. The second-order valence-electron chi connectivity index (χ2n) is 6.56. The third-order valence-corrected chi connectivity index (χ3v) is 4.69. The Morgan fingerprint density at radius 3 is 3.00 bits per heavy atom. The van der Waals surface area contributed by atoms with E-state index in [9.17, 15) is 4.79 Å². The molecule has 1 amide bonds. The minimum absolute atomic E-state index is 0.0591. The van der Waals surface area contributed by atoms with Crippen molar-refractivity contribution in [1.29, 1.82) is 0 Å². The molecule has 1 N–H and O–H groups in total. The average Bonchev–Trinajstić information content (AvgIpc) is 2.68. The molecule has 2 aromatic rings. The average molecular weight is 354 g/mol. The normalized spacial score (nSPS) is 17.2. The van der Waals surface area contributed by atoms with Crippen LogP contribution < -0.4 is 5.32 Å². The number of carbonyl (C=O) groups excluding carboxylic acids is 1. The van der Waals surface area contributed by atoms with Gasteiger partial charge in [-0.2, -0.15) is 0 Å². The molecule has 1 fully saturated rings. The topological polar surface area (TPSA) is 67.3 Å². The van der Waals surface area contributed by atoms with Gasteiger partial charge in [-0.05, 0) is 44.4 Å². The summed E-state index contributed by atoms with van der Waals surface area (Å²) in [5.41, 5.74) is 3.12. The quantitative estimate of drug-likeness (QED) is 0.862. The Labute approximate surface area is 154 Å². The smallest absolute Gasteiger partial charge is 0.248 e. The van der Waals surface area contributed by atoms with E-state index in [1.54, 1.807) is 6.20 Å². The molecule has 0 bridgehead atoms. The summed E-state index contributed by atoms with van der Waals surface area (Å²) in [6, 6.07) is 10.0. The highest BCUT2D eigenvalue weighted by Gasteiger charge is 2.25. The van der Waals surface area contributed by atoms with Crippen molar-refractivity contribution in [3.63, 3.8) is 0 Å². The molecule has 1 aliphatic heterocycles. The van der Waals surface area contributed by atoms with Crippen molar-refractivity contribution in [2.24, 2.45) is 0 Å². The van der Waals surface area contributed by atoms with E-state index in [1.807, 2.05) is 36.1 Å². The number of aromatic nitrogens is 2. The van der Waals surface area contributed by atoms with Crippen LogP contribution in [0, 0.1) is 6.92 Å². The monoisotopic (exact) mass is 354 g/mol. The van der Waals surface area contributed by atoms with E-state index in [0.29, 0.717) is 19.1 Å². The van der Waals surface area contributed by atoms with E-state index in [2.05, 4.69) is 23.3 Å². The summed E-state index contributed by atoms with van der Waals surface area (Å²) in [6.45, 7) is 6.15. The third kappa shape index (κ3) is 4.58. The maximum absolute atomic E-state index is 12.2. The van der Waals surface area contributed by atoms with E-state index in [4.69, 9.17) is 9.72 Å². The number of nitrogens with zero attached hydrogens (tertiary/aromatic N) is 3. The number of hydrogen-bond donors (Lipinski definition) is 1. The van der Waals surface area contributed by atoms with E-state index in [1.165, 1.54) is 0 Å². The Morgan fingerprint density at radius 2 is 2.19 bits per heavy atom. The number of carbonyl (C=O) groups is 1. The minimum Gasteiger partial charge on any atom is -0.372 e. The summed E-state index contributed by atoms with van der Waals surface area (Å²) in [7, 11) is 0. The molecule has 26 heavy (non-hydrogen) atoms. The molecule has 1 aromatic carbocycles. The maximum Gasteiger partial charge on any atom is 0.248 e. The van der Waals surface area contributed by atoms with Crippen molar-refractivity contribution in [2.75, 3.05) is 31.6 Å². The standard InChI is InChI=1S/C20H26N4O2/c1-3-26-14-19(25)24-12-6-8-16(13-24)18-10-11-21-20(23-18)22-17-9-5-4-7-15(17)2/h4-5,7,9-11,16H,3,6,8,12-14H2,1-2H3,(H,21,22,23). The van der Waals surface area contributed by atoms with Crippen LogP contribution in [-0.2, 0) is 9.53 Å². The SMILES string of the molecule is CCOCC(=O)N1CCCC(c2ccnc(Nc3ccccc3C)n2)C1. The van der Waals surface area contributed by atoms with Gasteiger partial charge in [-0.15, -0.1) is 0 Å². The van der Waals surface area contributed by atoms with Crippen LogP contribution in [0.4, 0.5) is 11.6 Å². The van der Waals surface area contributed by atoms with Gasteiger partial charge in [-0.3, -0.25) is 4.79 Å². The highest BCUT2D eigenvalue weighted by molar-refractivity contribution is 5.77. The highest BCUT2D eigenvalue weighted by Crippen LogP contribution is 2.26. The molecule has 6 heteroatoms. The Kier molecular flexibility index (Phi) is 6.17. The maximum atomic E-state index is 12.2. The third-order valence-electron chi connectivity index (χ3n) is 4.69. The van der Waals surface area contributed by atoms with Crippen LogP contribution in [-0.4, -0.2) is 47.1 Å². The molecule has 1 aliphatic rings. The van der Waals surface area contributed by atoms with Crippen LogP contribution in [0.5, 0.6) is 0 Å². The first-order chi connectivity index (χ1) is 12.7. The Balaban J connectivity index is 1.69. The predicted molar refractivity (Wildman–Crippen MR) is 102 cm³/mol. The number of nitrogens with one attached hydrogen (secondary N) is 1. The number of para-hydroxylation sites is 1. The van der Waals surface area contributed by atoms with Crippen molar-refractivity contribution in [1.82, 2.24) is 14.9 Å². The molecule has 6 nitrogen and oxygen atoms in total. The lowest BCUT2D eigenvalue weighted by Crippen LogP contribution is -2.41. The molecule has 138 valence electrons. The lowest BCUT2D eigenvalue weighted by molar-refractivity contribution is -0.137. The Morgan fingerprint density at radius 1 is 1.35 bits per heavy atom. The fourth-order valence-electron chi connectivity index (χ4n) is 3.22. The molecule has 0 radical (unpaired) electrons. The molecule has 0 aliphatic carbocycles. The number of piperidine rings is 1. The van der Waals surface area contributed by atoms with Crippen molar-refractivity contribution in [2.45, 2.75) is 32.6 Å². The summed E-state index contributed by atoms with van der Waals surface area (Å²) in [4.78, 5) is 23.2. The molecule has 1 atom stereocenters. The number of rotatable bonds is 6. The number of hydrogen-bond acceptors (Lipinski definition) is 5. The van der Waals surface area contributed by atoms with E-state index >= 15 is 0 Å². The van der Waals surface area contributed by atoms with Gasteiger partial charge in [-0.1, -0.05) is 18.2 Å². The lowest BCUT2D eigenvalue weighted by Gasteiger charge is -2.32. The molecule has 0 saturated carbocycles. The molecule has 3 rings (SSSR count). The van der Waals surface area contributed by atoms with Crippen LogP contribution in [0.25, 0.3) is 0 Å². The van der Waals surface area contributed by atoms with Crippen LogP contribution in [0.3, 0.4) is 0 Å². The van der Waals surface area contributed by atoms with Gasteiger partial charge in [0.05, 0.1) is 5.69 Å². The summed E-state index contributed by atoms with van der Waals surface area (Å²) in [5, 5.41) is 3.29. The number of ether oxygens (including phenoxy) is 1. The van der Waals surface area contributed by atoms with Crippen LogP contribution in [0.15, 0.2) is 36.5 Å². The van der Waals surface area contributed by atoms with E-state index in [-0.39, 0.29) is 18.4 Å². The second kappa shape index (κ2) is 8.76. The number of likely N-dealkylation sites (tertiary alicyclic amines) is 1. The molecule has 1 aromatic heterocycles. The van der Waals surface area contributed by atoms with Crippen molar-refractivity contribution < 1.29 is 9.53 Å². The zero-order chi connectivity index (χ0) is 18.4. The first-order valence-electron chi connectivity index (χ1n) is 9.18. The van der Waals surface area contributed by atoms with Crippen LogP contribution in [0.2, 0.25) is 0 Å². The van der Waals surface area contributed by atoms with Gasteiger partial charge in [-0.25, -0.2) is 9.97 Å². The van der Waals surface area contributed by atoms with Gasteiger partial charge in [0.15, 0.2) is 0 Å². The highest BCUT2D eigenvalue weighted by atomic mass is 16.5. The summed E-state index contributed by atoms with van der Waals surface area (Å²) in [5.74, 6) is 0.883. The molecular formula is C20H26N4O2. The Hall–Kier alpha value is -2.47. The lowest BCUT2D eigenvalue weighted by atomic mass is 9.94. The van der Waals surface area contributed by atoms with E-state index < -0.39 is 0 Å². The molecule has 0 spiro atoms. The van der Waals surface area contributed by atoms with Crippen molar-refractivity contribution in [3.05, 3.63) is 47.8 Å². The number of amides is 1. The molecule has 1 unspecified atom stereocenters. The van der Waals surface area contributed by atoms with Gasteiger partial charge in [0.1, 0.15) is 6.61 Å². The van der Waals surface area contributed by atoms with Crippen molar-refractivity contribution >= 4 is 17.5 Å². The van der Waals surface area contributed by atoms with Crippen molar-refractivity contribution in [3.8, 4) is 0 Å². The largest absolute Gasteiger partial charge is 0.372 e. The summed E-state index contributed by atoms with van der Waals surface area (Å²) in [6.07, 6.45) is 3.79. The van der Waals surface area contributed by atoms with Gasteiger partial charge in [0.2, 0.25) is 11.9 Å². The van der Waals surface area contributed by atoms with E-state index in [0.717, 1.165) is 36.3 Å². The fraction of sp³-hybridized carbons (Fsp3) is 0.450. The van der Waals surface area contributed by atoms with Gasteiger partial charge < -0.3 is 15.0 Å². The fourth-order valence-corrected chi connectivity index (χ4v) is 3.22. The molecule has 2 heterocycles. The molecule has 1 saturated heterocycles. The Bertz CT molecular complexity index is 750. The number of aryl methyl sites for hydroxylation is 1. The molecular weight excluding hydrogens is 328 g/mol. The summed E-state index contributed by atoms with van der Waals surface area (Å²) >= 11 is 0. The van der Waals surface area contributed by atoms with Gasteiger partial charge in [0, 0.05) is 37.5 Å². The van der Waals surface area contributed by atoms with Gasteiger partial charge in [0.25, 0.3) is 0 Å². The number of anilines is 2. The zero-order valence-electron chi connectivity index (χ0n) is 15.4. The second-order valence-corrected chi connectivity index (χ2v) is 6.56. The zero-order valence-corrected chi connectivity index (χ0v) is 15.4. The predicted octanol–water partition coefficient (Wildman–Crippen LogP) is 3.27. The first-order valence-corrected chi connectivity index (χ1v) is 9.18. The van der Waals surface area contributed by atoms with Gasteiger partial charge >= 0.3 is 0 Å². The number of benzene rings is 1. The minimum atomic E-state index is 0.0591. The first kappa shape index (κ1) is 18.3. The van der Waals surface area contributed by atoms with Crippen LogP contribution >= 0.6 is 0 Å².